The van der Waals surface area contributed by atoms with E-state index in [9.17, 15) is 18.8 Å². The van der Waals surface area contributed by atoms with Crippen LogP contribution in [0.25, 0.3) is 11.8 Å². The molecule has 4 rings (SSSR count). The molecule has 1 aliphatic rings. The lowest BCUT2D eigenvalue weighted by Crippen LogP contribution is -2.54. The van der Waals surface area contributed by atoms with Crippen LogP contribution < -0.4 is 10.2 Å². The number of anilines is 1. The maximum Gasteiger partial charge on any atom is 0.335 e. The van der Waals surface area contributed by atoms with E-state index < -0.39 is 23.7 Å². The molecule has 0 saturated carbocycles. The van der Waals surface area contributed by atoms with Gasteiger partial charge in [-0.3, -0.25) is 14.9 Å². The molecule has 1 fully saturated rings. The van der Waals surface area contributed by atoms with E-state index in [0.717, 1.165) is 45.2 Å². The number of barbiturate groups is 1. The van der Waals surface area contributed by atoms with Crippen molar-refractivity contribution >= 4 is 29.6 Å². The van der Waals surface area contributed by atoms with E-state index in [4.69, 9.17) is 0 Å². The van der Waals surface area contributed by atoms with Crippen molar-refractivity contribution in [1.29, 1.82) is 0 Å². The number of aromatic nitrogens is 1. The molecule has 0 bridgehead atoms. The fourth-order valence-corrected chi connectivity index (χ4v) is 3.92. The number of nitrogens with one attached hydrogen (secondary N) is 1. The van der Waals surface area contributed by atoms with Gasteiger partial charge in [0.25, 0.3) is 11.8 Å². The minimum absolute atomic E-state index is 0.171. The summed E-state index contributed by atoms with van der Waals surface area (Å²) in [5.74, 6) is -2.03. The molecule has 4 amide bonds. The first-order chi connectivity index (χ1) is 15.2. The van der Waals surface area contributed by atoms with Crippen molar-refractivity contribution in [2.45, 2.75) is 27.7 Å². The van der Waals surface area contributed by atoms with E-state index in [2.05, 4.69) is 9.88 Å². The number of halogens is 1. The molecule has 3 aromatic rings. The fraction of sp³-hybridized carbons (Fsp3) is 0.160. The SMILES string of the molecule is Cc1cccc(-n2c(C)cc(/C=C3\C(=O)NC(=O)N(c4ccc(F)cc4)C3=O)c2C)c1C. The van der Waals surface area contributed by atoms with Crippen molar-refractivity contribution in [3.8, 4) is 5.69 Å². The normalized spacial score (nSPS) is 15.5. The van der Waals surface area contributed by atoms with E-state index in [1.165, 1.54) is 18.2 Å². The van der Waals surface area contributed by atoms with Crippen LogP contribution in [-0.2, 0) is 9.59 Å². The van der Waals surface area contributed by atoms with Gasteiger partial charge in [-0.15, -0.1) is 0 Å². The van der Waals surface area contributed by atoms with E-state index in [1.807, 2.05) is 52.0 Å². The fourth-order valence-electron chi connectivity index (χ4n) is 3.92. The molecule has 0 spiro atoms. The van der Waals surface area contributed by atoms with Crippen LogP contribution in [0, 0.1) is 33.5 Å². The van der Waals surface area contributed by atoms with Gasteiger partial charge in [0.1, 0.15) is 11.4 Å². The Hall–Kier alpha value is -4.00. The summed E-state index contributed by atoms with van der Waals surface area (Å²) in [5, 5.41) is 2.19. The van der Waals surface area contributed by atoms with Crippen molar-refractivity contribution < 1.29 is 18.8 Å². The highest BCUT2D eigenvalue weighted by Gasteiger charge is 2.37. The van der Waals surface area contributed by atoms with E-state index in [1.54, 1.807) is 0 Å². The summed E-state index contributed by atoms with van der Waals surface area (Å²) in [6.07, 6.45) is 1.49. The zero-order valence-corrected chi connectivity index (χ0v) is 18.2. The highest BCUT2D eigenvalue weighted by atomic mass is 19.1. The lowest BCUT2D eigenvalue weighted by atomic mass is 10.1. The summed E-state index contributed by atoms with van der Waals surface area (Å²) in [6, 6.07) is 12.0. The minimum Gasteiger partial charge on any atom is -0.318 e. The first kappa shape index (κ1) is 21.2. The average molecular weight is 431 g/mol. The predicted molar refractivity (Wildman–Crippen MR) is 120 cm³/mol. The lowest BCUT2D eigenvalue weighted by molar-refractivity contribution is -0.122. The number of urea groups is 1. The van der Waals surface area contributed by atoms with Gasteiger partial charge in [0.15, 0.2) is 0 Å². The highest BCUT2D eigenvalue weighted by molar-refractivity contribution is 6.39. The number of hydrogen-bond acceptors (Lipinski definition) is 3. The number of nitrogens with zero attached hydrogens (tertiary/aromatic N) is 2. The second kappa shape index (κ2) is 7.92. The number of carbonyl (C=O) groups is 3. The molecule has 1 saturated heterocycles. The summed E-state index contributed by atoms with van der Waals surface area (Å²) in [5.41, 5.74) is 5.80. The number of imide groups is 2. The molecule has 6 nitrogen and oxygen atoms in total. The Bertz CT molecular complexity index is 1300. The van der Waals surface area contributed by atoms with Crippen molar-refractivity contribution in [3.63, 3.8) is 0 Å². The van der Waals surface area contributed by atoms with Crippen LogP contribution in [0.15, 0.2) is 54.1 Å². The maximum atomic E-state index is 13.3. The molecule has 1 aliphatic heterocycles. The predicted octanol–water partition coefficient (Wildman–Crippen LogP) is 4.52. The van der Waals surface area contributed by atoms with Gasteiger partial charge in [-0.25, -0.2) is 14.1 Å². The molecule has 0 unspecified atom stereocenters. The zero-order valence-electron chi connectivity index (χ0n) is 18.2. The first-order valence-electron chi connectivity index (χ1n) is 10.1. The van der Waals surface area contributed by atoms with Crippen LogP contribution in [-0.4, -0.2) is 22.4 Å². The summed E-state index contributed by atoms with van der Waals surface area (Å²) >= 11 is 0. The van der Waals surface area contributed by atoms with E-state index in [0.29, 0.717) is 5.56 Å². The molecule has 0 aliphatic carbocycles. The van der Waals surface area contributed by atoms with E-state index in [-0.39, 0.29) is 11.3 Å². The zero-order chi connectivity index (χ0) is 23.2. The van der Waals surface area contributed by atoms with Crippen molar-refractivity contribution in [1.82, 2.24) is 9.88 Å². The largest absolute Gasteiger partial charge is 0.335 e. The van der Waals surface area contributed by atoms with Gasteiger partial charge in [-0.2, -0.15) is 0 Å². The Morgan fingerprint density at radius 3 is 2.31 bits per heavy atom. The Kier molecular flexibility index (Phi) is 5.26. The van der Waals surface area contributed by atoms with Crippen molar-refractivity contribution in [3.05, 3.63) is 88.0 Å². The molecule has 2 heterocycles. The summed E-state index contributed by atoms with van der Waals surface area (Å²) in [6.45, 7) is 7.96. The molecule has 32 heavy (non-hydrogen) atoms. The van der Waals surface area contributed by atoms with Gasteiger partial charge in [0, 0.05) is 17.1 Å². The highest BCUT2D eigenvalue weighted by Crippen LogP contribution is 2.28. The van der Waals surface area contributed by atoms with Crippen molar-refractivity contribution in [2.75, 3.05) is 4.90 Å². The van der Waals surface area contributed by atoms with Crippen LogP contribution in [0.5, 0.6) is 0 Å². The van der Waals surface area contributed by atoms with Gasteiger partial charge in [0.05, 0.1) is 5.69 Å². The van der Waals surface area contributed by atoms with Gasteiger partial charge < -0.3 is 4.57 Å². The van der Waals surface area contributed by atoms with Crippen LogP contribution >= 0.6 is 0 Å². The van der Waals surface area contributed by atoms with Crippen LogP contribution in [0.3, 0.4) is 0 Å². The molecule has 0 radical (unpaired) electrons. The molecule has 7 heteroatoms. The number of rotatable bonds is 3. The van der Waals surface area contributed by atoms with Crippen LogP contribution in [0.1, 0.15) is 28.1 Å². The number of hydrogen-bond donors (Lipinski definition) is 1. The van der Waals surface area contributed by atoms with Gasteiger partial charge in [0.2, 0.25) is 0 Å². The molecule has 0 atom stereocenters. The second-order valence-electron chi connectivity index (χ2n) is 7.82. The third-order valence-corrected chi connectivity index (χ3v) is 5.77. The third-order valence-electron chi connectivity index (χ3n) is 5.77. The Labute approximate surface area is 185 Å². The monoisotopic (exact) mass is 431 g/mol. The average Bonchev–Trinajstić information content (AvgIpc) is 3.01. The molecule has 1 N–H and O–H groups in total. The second-order valence-corrected chi connectivity index (χ2v) is 7.82. The Morgan fingerprint density at radius 1 is 0.938 bits per heavy atom. The number of amides is 4. The van der Waals surface area contributed by atoms with Gasteiger partial charge in [-0.05, 0) is 86.9 Å². The maximum absolute atomic E-state index is 13.3. The molecule has 2 aromatic carbocycles. The third kappa shape index (κ3) is 3.51. The summed E-state index contributed by atoms with van der Waals surface area (Å²) in [7, 11) is 0. The minimum atomic E-state index is -0.871. The Balaban J connectivity index is 1.78. The Morgan fingerprint density at radius 2 is 1.62 bits per heavy atom. The quantitative estimate of drug-likeness (QED) is 0.490. The topological polar surface area (TPSA) is 71.4 Å². The van der Waals surface area contributed by atoms with Crippen LogP contribution in [0.4, 0.5) is 14.9 Å². The van der Waals surface area contributed by atoms with Crippen molar-refractivity contribution in [2.24, 2.45) is 0 Å². The summed E-state index contributed by atoms with van der Waals surface area (Å²) < 4.78 is 15.4. The molecule has 162 valence electrons. The number of benzene rings is 2. The molecular weight excluding hydrogens is 409 g/mol. The van der Waals surface area contributed by atoms with Crippen LogP contribution in [0.2, 0.25) is 0 Å². The standard InChI is InChI=1S/C25H22FN3O3/c1-14-6-5-7-22(16(14)3)28-15(2)12-18(17(28)4)13-21-23(30)27-25(32)29(24(21)31)20-10-8-19(26)9-11-20/h5-13H,1-4H3,(H,27,30,32)/b21-13+. The number of carbonyl (C=O) groups excluding carboxylic acids is 3. The molecular formula is C25H22FN3O3. The lowest BCUT2D eigenvalue weighted by Gasteiger charge is -2.26. The summed E-state index contributed by atoms with van der Waals surface area (Å²) in [4.78, 5) is 38.7. The number of aryl methyl sites for hydroxylation is 2. The smallest absolute Gasteiger partial charge is 0.318 e. The first-order valence-corrected chi connectivity index (χ1v) is 10.1. The van der Waals surface area contributed by atoms with E-state index >= 15 is 0 Å². The molecule has 1 aromatic heterocycles. The van der Waals surface area contributed by atoms with Gasteiger partial charge in [-0.1, -0.05) is 12.1 Å². The van der Waals surface area contributed by atoms with Gasteiger partial charge >= 0.3 is 6.03 Å².